The predicted octanol–water partition coefficient (Wildman–Crippen LogP) is 2.27. The third-order valence-corrected chi connectivity index (χ3v) is 2.64. The molecule has 0 radical (unpaired) electrons. The number of nitriles is 1. The van der Waals surface area contributed by atoms with E-state index in [-0.39, 0.29) is 12.5 Å². The van der Waals surface area contributed by atoms with E-state index in [9.17, 15) is 0 Å². The van der Waals surface area contributed by atoms with Crippen molar-refractivity contribution in [3.63, 3.8) is 0 Å². The average molecular weight is 189 g/mol. The van der Waals surface area contributed by atoms with Gasteiger partial charge in [-0.05, 0) is 42.7 Å². The lowest BCUT2D eigenvalue weighted by atomic mass is 9.92. The third kappa shape index (κ3) is 1.94. The lowest BCUT2D eigenvalue weighted by molar-refractivity contribution is 0.272. The standard InChI is InChI=1S/C12H15NO/c1-8-4-11(6-13)5-12(10(8)3)9(2)7-14/h4-5,9,14H,7H2,1-3H3. The van der Waals surface area contributed by atoms with E-state index in [0.29, 0.717) is 5.56 Å². The number of hydrogen-bond donors (Lipinski definition) is 1. The van der Waals surface area contributed by atoms with Gasteiger partial charge in [0.05, 0.1) is 11.6 Å². The van der Waals surface area contributed by atoms with Crippen LogP contribution >= 0.6 is 0 Å². The van der Waals surface area contributed by atoms with Crippen LogP contribution in [-0.4, -0.2) is 11.7 Å². The Morgan fingerprint density at radius 3 is 2.57 bits per heavy atom. The first-order valence-corrected chi connectivity index (χ1v) is 4.72. The van der Waals surface area contributed by atoms with Crippen LogP contribution in [0, 0.1) is 25.2 Å². The highest BCUT2D eigenvalue weighted by atomic mass is 16.3. The summed E-state index contributed by atoms with van der Waals surface area (Å²) < 4.78 is 0. The first kappa shape index (κ1) is 10.7. The third-order valence-electron chi connectivity index (χ3n) is 2.64. The topological polar surface area (TPSA) is 44.0 Å². The molecule has 0 heterocycles. The minimum Gasteiger partial charge on any atom is -0.396 e. The number of nitrogens with zero attached hydrogens (tertiary/aromatic N) is 1. The molecule has 0 aliphatic rings. The maximum Gasteiger partial charge on any atom is 0.0991 e. The largest absolute Gasteiger partial charge is 0.396 e. The Hall–Kier alpha value is -1.33. The van der Waals surface area contributed by atoms with E-state index < -0.39 is 0 Å². The summed E-state index contributed by atoms with van der Waals surface area (Å²) in [6.07, 6.45) is 0. The Morgan fingerprint density at radius 1 is 1.43 bits per heavy atom. The van der Waals surface area contributed by atoms with Gasteiger partial charge in [0.1, 0.15) is 0 Å². The zero-order chi connectivity index (χ0) is 10.7. The molecule has 1 N–H and O–H groups in total. The van der Waals surface area contributed by atoms with Crippen molar-refractivity contribution in [3.05, 3.63) is 34.4 Å². The van der Waals surface area contributed by atoms with E-state index in [1.165, 1.54) is 5.56 Å². The molecular weight excluding hydrogens is 174 g/mol. The molecule has 0 bridgehead atoms. The van der Waals surface area contributed by atoms with Gasteiger partial charge in [-0.15, -0.1) is 0 Å². The number of aryl methyl sites for hydroxylation is 1. The quantitative estimate of drug-likeness (QED) is 0.775. The minimum absolute atomic E-state index is 0.0991. The molecular formula is C12H15NO. The first-order valence-electron chi connectivity index (χ1n) is 4.72. The van der Waals surface area contributed by atoms with E-state index in [1.807, 2.05) is 32.9 Å². The molecule has 1 aromatic rings. The molecule has 0 aliphatic carbocycles. The SMILES string of the molecule is Cc1cc(C#N)cc(C(C)CO)c1C. The monoisotopic (exact) mass is 189 g/mol. The van der Waals surface area contributed by atoms with Crippen LogP contribution in [0.1, 0.15) is 35.1 Å². The highest BCUT2D eigenvalue weighted by molar-refractivity contribution is 5.44. The zero-order valence-electron chi connectivity index (χ0n) is 8.83. The summed E-state index contributed by atoms with van der Waals surface area (Å²) >= 11 is 0. The Morgan fingerprint density at radius 2 is 2.07 bits per heavy atom. The van der Waals surface area contributed by atoms with Gasteiger partial charge in [0.15, 0.2) is 0 Å². The van der Waals surface area contributed by atoms with Crippen LogP contribution in [0.15, 0.2) is 12.1 Å². The molecule has 1 unspecified atom stereocenters. The average Bonchev–Trinajstić information content (AvgIpc) is 2.20. The molecule has 1 rings (SSSR count). The van der Waals surface area contributed by atoms with E-state index in [4.69, 9.17) is 10.4 Å². The number of rotatable bonds is 2. The molecule has 2 heteroatoms. The molecule has 0 amide bonds. The van der Waals surface area contributed by atoms with Gasteiger partial charge in [-0.25, -0.2) is 0 Å². The van der Waals surface area contributed by atoms with Crippen LogP contribution in [-0.2, 0) is 0 Å². The lowest BCUT2D eigenvalue weighted by Crippen LogP contribution is -2.03. The second kappa shape index (κ2) is 4.26. The van der Waals surface area contributed by atoms with Crippen molar-refractivity contribution in [2.24, 2.45) is 0 Å². The molecule has 1 atom stereocenters. The van der Waals surface area contributed by atoms with Gasteiger partial charge in [-0.1, -0.05) is 6.92 Å². The van der Waals surface area contributed by atoms with Crippen molar-refractivity contribution < 1.29 is 5.11 Å². The van der Waals surface area contributed by atoms with E-state index >= 15 is 0 Å². The van der Waals surface area contributed by atoms with Gasteiger partial charge in [0.2, 0.25) is 0 Å². The molecule has 2 nitrogen and oxygen atoms in total. The molecule has 74 valence electrons. The van der Waals surface area contributed by atoms with Crippen LogP contribution in [0.25, 0.3) is 0 Å². The second-order valence-corrected chi connectivity index (χ2v) is 3.70. The highest BCUT2D eigenvalue weighted by Crippen LogP contribution is 2.23. The number of aliphatic hydroxyl groups excluding tert-OH is 1. The molecule has 1 aromatic carbocycles. The summed E-state index contributed by atoms with van der Waals surface area (Å²) in [6, 6.07) is 5.87. The van der Waals surface area contributed by atoms with Crippen LogP contribution < -0.4 is 0 Å². The number of benzene rings is 1. The molecule has 0 fully saturated rings. The maximum absolute atomic E-state index is 9.08. The van der Waals surface area contributed by atoms with Crippen molar-refractivity contribution in [1.29, 1.82) is 5.26 Å². The fourth-order valence-corrected chi connectivity index (χ4v) is 1.56. The summed E-state index contributed by atoms with van der Waals surface area (Å²) in [7, 11) is 0. The van der Waals surface area contributed by atoms with E-state index in [1.54, 1.807) is 0 Å². The van der Waals surface area contributed by atoms with E-state index in [2.05, 4.69) is 6.07 Å². The molecule has 0 saturated heterocycles. The molecule has 0 aromatic heterocycles. The molecule has 0 spiro atoms. The van der Waals surface area contributed by atoms with Crippen LogP contribution in [0.4, 0.5) is 0 Å². The molecule has 0 saturated carbocycles. The maximum atomic E-state index is 9.08. The number of aliphatic hydroxyl groups is 1. The van der Waals surface area contributed by atoms with Crippen molar-refractivity contribution in [1.82, 2.24) is 0 Å². The Bertz CT molecular complexity index is 377. The summed E-state index contributed by atoms with van der Waals surface area (Å²) in [5.41, 5.74) is 4.03. The lowest BCUT2D eigenvalue weighted by Gasteiger charge is -2.14. The zero-order valence-corrected chi connectivity index (χ0v) is 8.83. The Labute approximate surface area is 84.8 Å². The van der Waals surface area contributed by atoms with Gasteiger partial charge in [0, 0.05) is 12.5 Å². The second-order valence-electron chi connectivity index (χ2n) is 3.70. The van der Waals surface area contributed by atoms with Crippen molar-refractivity contribution in [2.45, 2.75) is 26.7 Å². The summed E-state index contributed by atoms with van der Waals surface area (Å²) in [5.74, 6) is 0.0991. The van der Waals surface area contributed by atoms with Gasteiger partial charge >= 0.3 is 0 Å². The predicted molar refractivity (Wildman–Crippen MR) is 56.1 cm³/mol. The summed E-state index contributed by atoms with van der Waals surface area (Å²) in [5, 5.41) is 17.9. The first-order chi connectivity index (χ1) is 6.60. The van der Waals surface area contributed by atoms with Crippen LogP contribution in [0.2, 0.25) is 0 Å². The van der Waals surface area contributed by atoms with E-state index in [0.717, 1.165) is 11.1 Å². The minimum atomic E-state index is 0.0991. The van der Waals surface area contributed by atoms with Gasteiger partial charge < -0.3 is 5.11 Å². The fourth-order valence-electron chi connectivity index (χ4n) is 1.56. The number of hydrogen-bond acceptors (Lipinski definition) is 2. The summed E-state index contributed by atoms with van der Waals surface area (Å²) in [6.45, 7) is 6.10. The highest BCUT2D eigenvalue weighted by Gasteiger charge is 2.10. The Balaban J connectivity index is 3.28. The fraction of sp³-hybridized carbons (Fsp3) is 0.417. The normalized spacial score (nSPS) is 12.2. The van der Waals surface area contributed by atoms with Crippen molar-refractivity contribution in [2.75, 3.05) is 6.61 Å². The van der Waals surface area contributed by atoms with Gasteiger partial charge in [-0.2, -0.15) is 5.26 Å². The van der Waals surface area contributed by atoms with Crippen molar-refractivity contribution in [3.8, 4) is 6.07 Å². The molecule has 14 heavy (non-hydrogen) atoms. The van der Waals surface area contributed by atoms with Gasteiger partial charge in [-0.3, -0.25) is 0 Å². The van der Waals surface area contributed by atoms with Gasteiger partial charge in [0.25, 0.3) is 0 Å². The smallest absolute Gasteiger partial charge is 0.0991 e. The molecule has 0 aliphatic heterocycles. The van der Waals surface area contributed by atoms with Crippen molar-refractivity contribution >= 4 is 0 Å². The van der Waals surface area contributed by atoms with Crippen LogP contribution in [0.5, 0.6) is 0 Å². The Kier molecular flexibility index (Phi) is 3.27. The van der Waals surface area contributed by atoms with Crippen LogP contribution in [0.3, 0.4) is 0 Å². The summed E-state index contributed by atoms with van der Waals surface area (Å²) in [4.78, 5) is 0.